The molecule has 0 saturated carbocycles. The van der Waals surface area contributed by atoms with Crippen LogP contribution in [0.2, 0.25) is 0 Å². The van der Waals surface area contributed by atoms with Crippen molar-refractivity contribution in [1.82, 2.24) is 10.6 Å². The highest BCUT2D eigenvalue weighted by atomic mass is 35.5. The molecule has 0 fully saturated rings. The summed E-state index contributed by atoms with van der Waals surface area (Å²) >= 11 is 0. The highest BCUT2D eigenvalue weighted by molar-refractivity contribution is 5.85. The predicted molar refractivity (Wildman–Crippen MR) is 71.0 cm³/mol. The van der Waals surface area contributed by atoms with Gasteiger partial charge in [0.1, 0.15) is 0 Å². The zero-order valence-electron chi connectivity index (χ0n) is 10.6. The van der Waals surface area contributed by atoms with Crippen molar-refractivity contribution < 1.29 is 9.59 Å². The number of hydrogen-bond acceptors (Lipinski definition) is 3. The Morgan fingerprint density at radius 2 is 1.82 bits per heavy atom. The molecule has 4 N–H and O–H groups in total. The molecule has 0 aliphatic heterocycles. The maximum Gasteiger partial charge on any atom is 0.239 e. The molecular formula is C11H24ClN3O2. The standard InChI is InChI=1S/C11H23N3O2.ClH/c1-9(2)4-5-10(15)14-8-11(16)13-7-3-6-12;/h9H,3-8,12H2,1-2H3,(H,13,16)(H,14,15);1H. The average Bonchev–Trinajstić information content (AvgIpc) is 2.24. The van der Waals surface area contributed by atoms with Gasteiger partial charge in [-0.05, 0) is 25.3 Å². The summed E-state index contributed by atoms with van der Waals surface area (Å²) in [7, 11) is 0. The maximum atomic E-state index is 11.3. The monoisotopic (exact) mass is 265 g/mol. The highest BCUT2D eigenvalue weighted by Crippen LogP contribution is 2.02. The molecule has 0 spiro atoms. The lowest BCUT2D eigenvalue weighted by atomic mass is 10.1. The lowest BCUT2D eigenvalue weighted by Gasteiger charge is -2.07. The normalized spacial score (nSPS) is 9.65. The van der Waals surface area contributed by atoms with Crippen LogP contribution in [0.15, 0.2) is 0 Å². The molecule has 6 heteroatoms. The SMILES string of the molecule is CC(C)CCC(=O)NCC(=O)NCCCN.Cl. The van der Waals surface area contributed by atoms with Crippen LogP contribution in [0.1, 0.15) is 33.1 Å². The third-order valence-electron chi connectivity index (χ3n) is 2.10. The maximum absolute atomic E-state index is 11.3. The molecule has 0 aliphatic rings. The summed E-state index contributed by atoms with van der Waals surface area (Å²) < 4.78 is 0. The number of carbonyl (C=O) groups excluding carboxylic acids is 2. The van der Waals surface area contributed by atoms with Gasteiger partial charge in [0.15, 0.2) is 0 Å². The predicted octanol–water partition coefficient (Wildman–Crippen LogP) is 0.426. The minimum absolute atomic E-state index is 0. The average molecular weight is 266 g/mol. The zero-order valence-corrected chi connectivity index (χ0v) is 11.4. The van der Waals surface area contributed by atoms with Crippen LogP contribution in [0.3, 0.4) is 0 Å². The van der Waals surface area contributed by atoms with Crippen LogP contribution >= 0.6 is 12.4 Å². The number of nitrogens with two attached hydrogens (primary N) is 1. The van der Waals surface area contributed by atoms with E-state index in [0.717, 1.165) is 12.8 Å². The topological polar surface area (TPSA) is 84.2 Å². The van der Waals surface area contributed by atoms with Crippen molar-refractivity contribution in [2.24, 2.45) is 11.7 Å². The molecule has 0 aromatic carbocycles. The number of halogens is 1. The van der Waals surface area contributed by atoms with Gasteiger partial charge in [0.2, 0.25) is 11.8 Å². The number of amides is 2. The van der Waals surface area contributed by atoms with E-state index in [9.17, 15) is 9.59 Å². The largest absolute Gasteiger partial charge is 0.355 e. The second-order valence-electron chi connectivity index (χ2n) is 4.20. The molecule has 0 unspecified atom stereocenters. The fourth-order valence-electron chi connectivity index (χ4n) is 1.08. The molecule has 0 atom stereocenters. The summed E-state index contributed by atoms with van der Waals surface area (Å²) in [6.45, 7) is 5.30. The summed E-state index contributed by atoms with van der Waals surface area (Å²) in [5.41, 5.74) is 5.28. The highest BCUT2D eigenvalue weighted by Gasteiger charge is 2.05. The summed E-state index contributed by atoms with van der Waals surface area (Å²) in [6.07, 6.45) is 2.08. The van der Waals surface area contributed by atoms with Crippen molar-refractivity contribution >= 4 is 24.2 Å². The number of hydrogen-bond donors (Lipinski definition) is 3. The number of nitrogens with one attached hydrogen (secondary N) is 2. The van der Waals surface area contributed by atoms with E-state index < -0.39 is 0 Å². The van der Waals surface area contributed by atoms with Crippen molar-refractivity contribution in [2.45, 2.75) is 33.1 Å². The Bertz CT molecular complexity index is 223. The van der Waals surface area contributed by atoms with Crippen LogP contribution < -0.4 is 16.4 Å². The number of rotatable bonds is 8. The second-order valence-corrected chi connectivity index (χ2v) is 4.20. The fraction of sp³-hybridized carbons (Fsp3) is 0.818. The van der Waals surface area contributed by atoms with Crippen molar-refractivity contribution in [3.8, 4) is 0 Å². The first-order chi connectivity index (χ1) is 7.56. The summed E-state index contributed by atoms with van der Waals surface area (Å²) in [5, 5.41) is 5.25. The Labute approximate surface area is 109 Å². The third-order valence-corrected chi connectivity index (χ3v) is 2.10. The Morgan fingerprint density at radius 1 is 1.18 bits per heavy atom. The van der Waals surface area contributed by atoms with Crippen LogP contribution in [0.4, 0.5) is 0 Å². The molecule has 0 bridgehead atoms. The fourth-order valence-corrected chi connectivity index (χ4v) is 1.08. The van der Waals surface area contributed by atoms with Gasteiger partial charge in [-0.2, -0.15) is 0 Å². The molecule has 17 heavy (non-hydrogen) atoms. The molecule has 0 radical (unpaired) electrons. The Kier molecular flexibility index (Phi) is 12.7. The molecule has 0 saturated heterocycles. The van der Waals surface area contributed by atoms with Gasteiger partial charge >= 0.3 is 0 Å². The minimum Gasteiger partial charge on any atom is -0.355 e. The van der Waals surface area contributed by atoms with Gasteiger partial charge in [0, 0.05) is 13.0 Å². The molecule has 2 amide bonds. The molecule has 0 aromatic heterocycles. The van der Waals surface area contributed by atoms with Crippen LogP contribution in [0, 0.1) is 5.92 Å². The van der Waals surface area contributed by atoms with E-state index in [1.807, 2.05) is 0 Å². The van der Waals surface area contributed by atoms with E-state index in [-0.39, 0.29) is 30.8 Å². The molecule has 0 heterocycles. The molecule has 0 aromatic rings. The van der Waals surface area contributed by atoms with E-state index >= 15 is 0 Å². The van der Waals surface area contributed by atoms with Gasteiger partial charge in [-0.25, -0.2) is 0 Å². The van der Waals surface area contributed by atoms with Gasteiger partial charge in [-0.15, -0.1) is 12.4 Å². The summed E-state index contributed by atoms with van der Waals surface area (Å²) in [6, 6.07) is 0. The van der Waals surface area contributed by atoms with Gasteiger partial charge in [0.25, 0.3) is 0 Å². The summed E-state index contributed by atoms with van der Waals surface area (Å²) in [4.78, 5) is 22.5. The number of carbonyl (C=O) groups is 2. The molecule has 102 valence electrons. The van der Waals surface area contributed by atoms with E-state index in [4.69, 9.17) is 5.73 Å². The van der Waals surface area contributed by atoms with E-state index in [1.54, 1.807) is 0 Å². The van der Waals surface area contributed by atoms with Crippen molar-refractivity contribution in [3.05, 3.63) is 0 Å². The van der Waals surface area contributed by atoms with Crippen LogP contribution in [0.5, 0.6) is 0 Å². The van der Waals surface area contributed by atoms with Gasteiger partial charge in [-0.1, -0.05) is 13.8 Å². The quantitative estimate of drug-likeness (QED) is 0.557. The van der Waals surface area contributed by atoms with Crippen molar-refractivity contribution in [3.63, 3.8) is 0 Å². The first-order valence-electron chi connectivity index (χ1n) is 5.79. The lowest BCUT2D eigenvalue weighted by Crippen LogP contribution is -2.37. The molecular weight excluding hydrogens is 242 g/mol. The van der Waals surface area contributed by atoms with Gasteiger partial charge in [-0.3, -0.25) is 9.59 Å². The Morgan fingerprint density at radius 3 is 2.35 bits per heavy atom. The van der Waals surface area contributed by atoms with E-state index in [1.165, 1.54) is 0 Å². The third kappa shape index (κ3) is 13.1. The Hall–Kier alpha value is -0.810. The van der Waals surface area contributed by atoms with Crippen LogP contribution in [0.25, 0.3) is 0 Å². The molecule has 0 aliphatic carbocycles. The summed E-state index contributed by atoms with van der Waals surface area (Å²) in [5.74, 6) is 0.276. The first kappa shape index (κ1) is 18.6. The lowest BCUT2D eigenvalue weighted by molar-refractivity contribution is -0.126. The van der Waals surface area contributed by atoms with Crippen molar-refractivity contribution in [1.29, 1.82) is 0 Å². The smallest absolute Gasteiger partial charge is 0.239 e. The molecule has 0 rings (SSSR count). The van der Waals surface area contributed by atoms with E-state index in [0.29, 0.717) is 25.4 Å². The molecule has 5 nitrogen and oxygen atoms in total. The van der Waals surface area contributed by atoms with E-state index in [2.05, 4.69) is 24.5 Å². The zero-order chi connectivity index (χ0) is 12.4. The van der Waals surface area contributed by atoms with Crippen LogP contribution in [-0.2, 0) is 9.59 Å². The van der Waals surface area contributed by atoms with Gasteiger partial charge < -0.3 is 16.4 Å². The Balaban J connectivity index is 0. The van der Waals surface area contributed by atoms with Gasteiger partial charge in [0.05, 0.1) is 6.54 Å². The second kappa shape index (κ2) is 11.7. The minimum atomic E-state index is -0.161. The first-order valence-corrected chi connectivity index (χ1v) is 5.79. The van der Waals surface area contributed by atoms with Crippen molar-refractivity contribution in [2.75, 3.05) is 19.6 Å². The van der Waals surface area contributed by atoms with Crippen LogP contribution in [-0.4, -0.2) is 31.4 Å².